The van der Waals surface area contributed by atoms with Crippen LogP contribution in [0.1, 0.15) is 49.2 Å². The molecule has 0 bridgehead atoms. The quantitative estimate of drug-likeness (QED) is 0.657. The Hall–Kier alpha value is -2.89. The van der Waals surface area contributed by atoms with Crippen LogP contribution >= 0.6 is 0 Å². The summed E-state index contributed by atoms with van der Waals surface area (Å²) < 4.78 is 6.40. The zero-order valence-electron chi connectivity index (χ0n) is 15.9. The molecule has 26 heavy (non-hydrogen) atoms. The molecule has 2 aromatic rings. The van der Waals surface area contributed by atoms with Gasteiger partial charge in [0.2, 0.25) is 5.91 Å². The van der Waals surface area contributed by atoms with Crippen LogP contribution in [0.15, 0.2) is 36.5 Å². The summed E-state index contributed by atoms with van der Waals surface area (Å²) in [7, 11) is 1.65. The van der Waals surface area contributed by atoms with E-state index in [1.165, 1.54) is 22.5 Å². The van der Waals surface area contributed by atoms with Crippen molar-refractivity contribution in [3.05, 3.63) is 53.2 Å². The number of carbonyl (C=O) groups is 2. The highest BCUT2D eigenvalue weighted by Crippen LogP contribution is 2.22. The van der Waals surface area contributed by atoms with E-state index in [1.54, 1.807) is 20.0 Å². The second-order valence-electron chi connectivity index (χ2n) is 6.95. The first-order chi connectivity index (χ1) is 12.2. The number of ether oxygens (including phenoxy) is 1. The van der Waals surface area contributed by atoms with Gasteiger partial charge < -0.3 is 10.1 Å². The number of amides is 1. The number of nitrogens with zero attached hydrogens (tertiary/aromatic N) is 2. The number of benzene rings is 1. The van der Waals surface area contributed by atoms with Crippen molar-refractivity contribution in [3.63, 3.8) is 0 Å². The van der Waals surface area contributed by atoms with E-state index in [-0.39, 0.29) is 23.5 Å². The van der Waals surface area contributed by atoms with Gasteiger partial charge in [0.25, 0.3) is 0 Å². The molecular formula is C20H25N3O3. The molecule has 0 unspecified atom stereocenters. The van der Waals surface area contributed by atoms with Crippen LogP contribution in [0.5, 0.6) is 0 Å². The minimum Gasteiger partial charge on any atom is -0.462 e. The number of hydrogen-bond acceptors (Lipinski definition) is 4. The van der Waals surface area contributed by atoms with Gasteiger partial charge in [-0.2, -0.15) is 5.10 Å². The minimum absolute atomic E-state index is 0.0860. The fourth-order valence-electron chi connectivity index (χ4n) is 2.37. The van der Waals surface area contributed by atoms with Gasteiger partial charge in [-0.3, -0.25) is 9.48 Å². The number of rotatable bonds is 5. The third-order valence-electron chi connectivity index (χ3n) is 3.88. The van der Waals surface area contributed by atoms with E-state index in [2.05, 4.69) is 43.3 Å². The highest BCUT2D eigenvalue weighted by atomic mass is 16.5. The van der Waals surface area contributed by atoms with E-state index in [1.807, 2.05) is 12.1 Å². The average Bonchev–Trinajstić information content (AvgIpc) is 2.94. The first kappa shape index (κ1) is 19.4. The molecule has 0 radical (unpaired) electrons. The molecule has 1 amide bonds. The molecule has 6 nitrogen and oxygen atoms in total. The van der Waals surface area contributed by atoms with Crippen molar-refractivity contribution in [1.82, 2.24) is 9.78 Å². The molecule has 0 aliphatic carbocycles. The zero-order chi connectivity index (χ0) is 19.3. The normalized spacial score (nSPS) is 11.6. The number of carbonyl (C=O) groups excluding carboxylic acids is 2. The molecule has 138 valence electrons. The van der Waals surface area contributed by atoms with Gasteiger partial charge in [-0.25, -0.2) is 4.79 Å². The van der Waals surface area contributed by atoms with E-state index >= 15 is 0 Å². The van der Waals surface area contributed by atoms with Gasteiger partial charge in [0.15, 0.2) is 0 Å². The summed E-state index contributed by atoms with van der Waals surface area (Å²) in [5.74, 6) is -0.558. The van der Waals surface area contributed by atoms with Crippen LogP contribution in [0.2, 0.25) is 0 Å². The molecule has 0 atom stereocenters. The van der Waals surface area contributed by atoms with E-state index in [4.69, 9.17) is 4.74 Å². The Morgan fingerprint density at radius 2 is 1.88 bits per heavy atom. The van der Waals surface area contributed by atoms with Crippen molar-refractivity contribution < 1.29 is 14.3 Å². The monoisotopic (exact) mass is 355 g/mol. The van der Waals surface area contributed by atoms with Gasteiger partial charge in [-0.1, -0.05) is 45.0 Å². The largest absolute Gasteiger partial charge is 0.462 e. The highest BCUT2D eigenvalue weighted by molar-refractivity contribution is 6.05. The lowest BCUT2D eigenvalue weighted by Gasteiger charge is -2.18. The summed E-state index contributed by atoms with van der Waals surface area (Å²) in [5.41, 5.74) is 2.46. The van der Waals surface area contributed by atoms with E-state index < -0.39 is 5.97 Å². The molecule has 0 fully saturated rings. The summed E-state index contributed by atoms with van der Waals surface area (Å²) in [6, 6.07) is 8.05. The van der Waals surface area contributed by atoms with E-state index in [0.717, 1.165) is 5.56 Å². The Morgan fingerprint density at radius 3 is 2.46 bits per heavy atom. The molecule has 0 aliphatic rings. The van der Waals surface area contributed by atoms with E-state index in [9.17, 15) is 9.59 Å². The van der Waals surface area contributed by atoms with Crippen LogP contribution in [0.25, 0.3) is 6.08 Å². The van der Waals surface area contributed by atoms with Crippen LogP contribution in [-0.2, 0) is 22.0 Å². The lowest BCUT2D eigenvalue weighted by Crippen LogP contribution is -2.15. The Bertz CT molecular complexity index is 812. The maximum absolute atomic E-state index is 12.2. The number of aromatic nitrogens is 2. The fraction of sp³-hybridized carbons (Fsp3) is 0.350. The number of hydrogen-bond donors (Lipinski definition) is 1. The topological polar surface area (TPSA) is 73.2 Å². The number of nitrogens with one attached hydrogen (secondary N) is 1. The SMILES string of the molecule is CCOC(=O)c1cnn(C)c1NC(=O)/C=C/c1ccc(C(C)(C)C)cc1. The van der Waals surface area contributed by atoms with Crippen molar-refractivity contribution in [3.8, 4) is 0 Å². The molecule has 2 rings (SSSR count). The summed E-state index contributed by atoms with van der Waals surface area (Å²) in [5, 5.41) is 6.68. The Balaban J connectivity index is 2.08. The van der Waals surface area contributed by atoms with Crippen LogP contribution in [0.4, 0.5) is 5.82 Å². The average molecular weight is 355 g/mol. The standard InChI is InChI=1S/C20H25N3O3/c1-6-26-19(25)16-13-21-23(5)18(16)22-17(24)12-9-14-7-10-15(11-8-14)20(2,3)4/h7-13H,6H2,1-5H3,(H,22,24)/b12-9+. The number of esters is 1. The van der Waals surface area contributed by atoms with Gasteiger partial charge in [0, 0.05) is 13.1 Å². The predicted octanol–water partition coefficient (Wildman–Crippen LogP) is 3.55. The summed E-state index contributed by atoms with van der Waals surface area (Å²) in [4.78, 5) is 24.1. The Kier molecular flexibility index (Phi) is 5.97. The molecule has 0 saturated carbocycles. The smallest absolute Gasteiger partial charge is 0.343 e. The molecule has 0 aliphatic heterocycles. The van der Waals surface area contributed by atoms with Crippen molar-refractivity contribution >= 4 is 23.8 Å². The molecule has 0 spiro atoms. The minimum atomic E-state index is -0.516. The summed E-state index contributed by atoms with van der Waals surface area (Å²) in [6.45, 7) is 8.44. The third kappa shape index (κ3) is 4.81. The number of anilines is 1. The van der Waals surface area contributed by atoms with Crippen molar-refractivity contribution in [2.24, 2.45) is 7.05 Å². The van der Waals surface area contributed by atoms with Crippen molar-refractivity contribution in [1.29, 1.82) is 0 Å². The highest BCUT2D eigenvalue weighted by Gasteiger charge is 2.18. The second kappa shape index (κ2) is 7.99. The number of aryl methyl sites for hydroxylation is 1. The molecule has 0 saturated heterocycles. The van der Waals surface area contributed by atoms with Gasteiger partial charge in [0.1, 0.15) is 11.4 Å². The maximum atomic E-state index is 12.2. The van der Waals surface area contributed by atoms with Gasteiger partial charge in [0.05, 0.1) is 12.8 Å². The first-order valence-corrected chi connectivity index (χ1v) is 8.51. The third-order valence-corrected chi connectivity index (χ3v) is 3.88. The van der Waals surface area contributed by atoms with Crippen LogP contribution < -0.4 is 5.32 Å². The van der Waals surface area contributed by atoms with Crippen LogP contribution in [0.3, 0.4) is 0 Å². The molecule has 1 aromatic heterocycles. The molecule has 1 heterocycles. The van der Waals surface area contributed by atoms with Crippen LogP contribution in [0, 0.1) is 0 Å². The van der Waals surface area contributed by atoms with Gasteiger partial charge in [-0.15, -0.1) is 0 Å². The fourth-order valence-corrected chi connectivity index (χ4v) is 2.37. The lowest BCUT2D eigenvalue weighted by atomic mass is 9.87. The second-order valence-corrected chi connectivity index (χ2v) is 6.95. The summed E-state index contributed by atoms with van der Waals surface area (Å²) >= 11 is 0. The van der Waals surface area contributed by atoms with E-state index in [0.29, 0.717) is 5.82 Å². The van der Waals surface area contributed by atoms with Crippen molar-refractivity contribution in [2.75, 3.05) is 11.9 Å². The van der Waals surface area contributed by atoms with Gasteiger partial charge >= 0.3 is 5.97 Å². The molecule has 6 heteroatoms. The predicted molar refractivity (Wildman–Crippen MR) is 102 cm³/mol. The maximum Gasteiger partial charge on any atom is 0.343 e. The molecule has 1 aromatic carbocycles. The van der Waals surface area contributed by atoms with Gasteiger partial charge in [-0.05, 0) is 29.5 Å². The zero-order valence-corrected chi connectivity index (χ0v) is 15.9. The van der Waals surface area contributed by atoms with Crippen molar-refractivity contribution in [2.45, 2.75) is 33.1 Å². The van der Waals surface area contributed by atoms with Crippen LogP contribution in [-0.4, -0.2) is 28.3 Å². The first-order valence-electron chi connectivity index (χ1n) is 8.51. The molecular weight excluding hydrogens is 330 g/mol. The Labute approximate surface area is 153 Å². The Morgan fingerprint density at radius 1 is 1.23 bits per heavy atom. The molecule has 1 N–H and O–H groups in total. The lowest BCUT2D eigenvalue weighted by molar-refractivity contribution is -0.111. The summed E-state index contributed by atoms with van der Waals surface area (Å²) in [6.07, 6.45) is 4.53.